The van der Waals surface area contributed by atoms with E-state index in [-0.39, 0.29) is 11.9 Å². The Morgan fingerprint density at radius 3 is 2.53 bits per heavy atom. The molecule has 0 heterocycles. The van der Waals surface area contributed by atoms with E-state index >= 15 is 0 Å². The van der Waals surface area contributed by atoms with Crippen LogP contribution in [0.2, 0.25) is 0 Å². The molecule has 1 fully saturated rings. The van der Waals surface area contributed by atoms with E-state index in [0.717, 1.165) is 19.3 Å². The predicted octanol–water partition coefficient (Wildman–Crippen LogP) is 1.79. The summed E-state index contributed by atoms with van der Waals surface area (Å²) in [6.45, 7) is 2.86. The molecule has 0 bridgehead atoms. The van der Waals surface area contributed by atoms with Crippen molar-refractivity contribution < 1.29 is 4.79 Å². The van der Waals surface area contributed by atoms with E-state index in [9.17, 15) is 4.79 Å². The molecule has 1 amide bonds. The number of nitrogens with two attached hydrogens (primary N) is 1. The van der Waals surface area contributed by atoms with Crippen LogP contribution in [0.25, 0.3) is 0 Å². The van der Waals surface area contributed by atoms with Gasteiger partial charge in [-0.1, -0.05) is 25.7 Å². The van der Waals surface area contributed by atoms with Gasteiger partial charge in [0.25, 0.3) is 0 Å². The van der Waals surface area contributed by atoms with Crippen LogP contribution in [-0.2, 0) is 4.79 Å². The lowest BCUT2D eigenvalue weighted by Crippen LogP contribution is -2.48. The summed E-state index contributed by atoms with van der Waals surface area (Å²) in [6, 6.07) is 0.232. The zero-order chi connectivity index (χ0) is 14.1. The second-order valence-electron chi connectivity index (χ2n) is 5.82. The number of amides is 1. The number of carbonyl (C=O) groups excluding carboxylic acids is 1. The van der Waals surface area contributed by atoms with Gasteiger partial charge in [0, 0.05) is 6.04 Å². The average molecular weight is 269 g/mol. The number of nitrogens with one attached hydrogen (secondary N) is 2. The van der Waals surface area contributed by atoms with Crippen molar-refractivity contribution >= 4 is 5.91 Å². The molecule has 4 heteroatoms. The van der Waals surface area contributed by atoms with Crippen LogP contribution in [0, 0.1) is 5.92 Å². The fourth-order valence-electron chi connectivity index (χ4n) is 2.98. The van der Waals surface area contributed by atoms with Gasteiger partial charge in [0.05, 0.1) is 6.04 Å². The van der Waals surface area contributed by atoms with Crippen molar-refractivity contribution in [3.05, 3.63) is 0 Å². The number of hydrogen-bond acceptors (Lipinski definition) is 3. The summed E-state index contributed by atoms with van der Waals surface area (Å²) in [6.07, 6.45) is 9.38. The van der Waals surface area contributed by atoms with Crippen molar-refractivity contribution in [1.29, 1.82) is 0 Å². The largest absolute Gasteiger partial charge is 0.352 e. The van der Waals surface area contributed by atoms with Crippen LogP contribution in [0.1, 0.15) is 58.3 Å². The maximum Gasteiger partial charge on any atom is 0.237 e. The summed E-state index contributed by atoms with van der Waals surface area (Å²) in [5, 5.41) is 6.31. The van der Waals surface area contributed by atoms with E-state index in [0.29, 0.717) is 18.5 Å². The second kappa shape index (κ2) is 9.32. The first-order valence-corrected chi connectivity index (χ1v) is 7.86. The van der Waals surface area contributed by atoms with E-state index < -0.39 is 0 Å². The Labute approximate surface area is 117 Å². The number of likely N-dealkylation sites (N-methyl/N-ethyl adjacent to an activating group) is 1. The monoisotopic (exact) mass is 269 g/mol. The lowest BCUT2D eigenvalue weighted by atomic mass is 9.84. The third-order valence-electron chi connectivity index (χ3n) is 4.34. The third kappa shape index (κ3) is 5.91. The molecule has 1 aliphatic carbocycles. The van der Waals surface area contributed by atoms with E-state index in [1.807, 2.05) is 7.05 Å². The Bertz CT molecular complexity index is 252. The van der Waals surface area contributed by atoms with Gasteiger partial charge in [-0.05, 0) is 52.1 Å². The predicted molar refractivity (Wildman–Crippen MR) is 79.9 cm³/mol. The normalized spacial score (nSPS) is 19.9. The zero-order valence-electron chi connectivity index (χ0n) is 12.6. The number of rotatable bonds is 8. The van der Waals surface area contributed by atoms with Gasteiger partial charge in [0.15, 0.2) is 0 Å². The molecule has 0 saturated heterocycles. The summed E-state index contributed by atoms with van der Waals surface area (Å²) in [7, 11) is 1.86. The van der Waals surface area contributed by atoms with Gasteiger partial charge in [0.1, 0.15) is 0 Å². The summed E-state index contributed by atoms with van der Waals surface area (Å²) >= 11 is 0. The Morgan fingerprint density at radius 1 is 1.26 bits per heavy atom. The van der Waals surface area contributed by atoms with Gasteiger partial charge in [-0.3, -0.25) is 4.79 Å². The molecule has 0 aromatic rings. The number of unbranched alkanes of at least 4 members (excludes halogenated alkanes) is 1. The first kappa shape index (κ1) is 16.4. The number of hydrogen-bond donors (Lipinski definition) is 3. The zero-order valence-corrected chi connectivity index (χ0v) is 12.6. The SMILES string of the molecule is CN[C@@H](CCCCN)C(=O)NC(C)C1CCCCC1. The lowest BCUT2D eigenvalue weighted by Gasteiger charge is -2.29. The molecule has 1 aliphatic rings. The van der Waals surface area contributed by atoms with Crippen molar-refractivity contribution in [3.63, 3.8) is 0 Å². The molecule has 19 heavy (non-hydrogen) atoms. The van der Waals surface area contributed by atoms with Gasteiger partial charge in [-0.15, -0.1) is 0 Å². The van der Waals surface area contributed by atoms with Crippen LogP contribution in [0.3, 0.4) is 0 Å². The van der Waals surface area contributed by atoms with Crippen molar-refractivity contribution in [1.82, 2.24) is 10.6 Å². The van der Waals surface area contributed by atoms with E-state index in [4.69, 9.17) is 5.73 Å². The third-order valence-corrected chi connectivity index (χ3v) is 4.34. The first-order chi connectivity index (χ1) is 9.19. The smallest absolute Gasteiger partial charge is 0.237 e. The molecule has 4 nitrogen and oxygen atoms in total. The molecular weight excluding hydrogens is 238 g/mol. The minimum atomic E-state index is -0.0717. The summed E-state index contributed by atoms with van der Waals surface area (Å²) in [5.74, 6) is 0.817. The fraction of sp³-hybridized carbons (Fsp3) is 0.933. The molecule has 0 aromatic heterocycles. The fourth-order valence-corrected chi connectivity index (χ4v) is 2.98. The van der Waals surface area contributed by atoms with Crippen molar-refractivity contribution in [3.8, 4) is 0 Å². The van der Waals surface area contributed by atoms with Crippen molar-refractivity contribution in [2.75, 3.05) is 13.6 Å². The highest BCUT2D eigenvalue weighted by Gasteiger charge is 2.24. The van der Waals surface area contributed by atoms with Gasteiger partial charge in [-0.25, -0.2) is 0 Å². The maximum absolute atomic E-state index is 12.2. The molecule has 0 spiro atoms. The summed E-state index contributed by atoms with van der Waals surface area (Å²) < 4.78 is 0. The molecular formula is C15H31N3O. The van der Waals surface area contributed by atoms with Crippen molar-refractivity contribution in [2.45, 2.75) is 70.4 Å². The topological polar surface area (TPSA) is 67.1 Å². The molecule has 1 rings (SSSR count). The van der Waals surface area contributed by atoms with E-state index in [2.05, 4.69) is 17.6 Å². The molecule has 2 atom stereocenters. The first-order valence-electron chi connectivity index (χ1n) is 7.86. The Kier molecular flexibility index (Phi) is 8.07. The van der Waals surface area contributed by atoms with E-state index in [1.54, 1.807) is 0 Å². The van der Waals surface area contributed by atoms with Crippen LogP contribution in [0.15, 0.2) is 0 Å². The Hall–Kier alpha value is -0.610. The highest BCUT2D eigenvalue weighted by atomic mass is 16.2. The van der Waals surface area contributed by atoms with Gasteiger partial charge in [-0.2, -0.15) is 0 Å². The van der Waals surface area contributed by atoms with Crippen LogP contribution in [0.4, 0.5) is 0 Å². The molecule has 112 valence electrons. The maximum atomic E-state index is 12.2. The Balaban J connectivity index is 2.33. The summed E-state index contributed by atoms with van der Waals surface area (Å²) in [5.41, 5.74) is 5.49. The number of carbonyl (C=O) groups is 1. The van der Waals surface area contributed by atoms with Gasteiger partial charge < -0.3 is 16.4 Å². The molecule has 1 saturated carbocycles. The molecule has 0 radical (unpaired) electrons. The molecule has 4 N–H and O–H groups in total. The minimum absolute atomic E-state index is 0.0717. The lowest BCUT2D eigenvalue weighted by molar-refractivity contribution is -0.124. The highest BCUT2D eigenvalue weighted by molar-refractivity contribution is 5.81. The van der Waals surface area contributed by atoms with Crippen LogP contribution in [-0.4, -0.2) is 31.6 Å². The summed E-state index contributed by atoms with van der Waals surface area (Å²) in [4.78, 5) is 12.2. The minimum Gasteiger partial charge on any atom is -0.352 e. The highest BCUT2D eigenvalue weighted by Crippen LogP contribution is 2.26. The van der Waals surface area contributed by atoms with Gasteiger partial charge in [0.2, 0.25) is 5.91 Å². The van der Waals surface area contributed by atoms with Crippen LogP contribution < -0.4 is 16.4 Å². The standard InChI is InChI=1S/C15H31N3O/c1-12(13-8-4-3-5-9-13)18-15(19)14(17-2)10-6-7-11-16/h12-14,17H,3-11,16H2,1-2H3,(H,18,19)/t12?,14-/m0/s1. The molecule has 1 unspecified atom stereocenters. The van der Waals surface area contributed by atoms with Crippen molar-refractivity contribution in [2.24, 2.45) is 11.7 Å². The quantitative estimate of drug-likeness (QED) is 0.589. The second-order valence-corrected chi connectivity index (χ2v) is 5.82. The van der Waals surface area contributed by atoms with Crippen LogP contribution >= 0.6 is 0 Å². The van der Waals surface area contributed by atoms with Crippen LogP contribution in [0.5, 0.6) is 0 Å². The van der Waals surface area contributed by atoms with E-state index in [1.165, 1.54) is 32.1 Å². The molecule has 0 aromatic carbocycles. The average Bonchev–Trinajstić information content (AvgIpc) is 2.44. The van der Waals surface area contributed by atoms with Gasteiger partial charge >= 0.3 is 0 Å². The molecule has 0 aliphatic heterocycles. The Morgan fingerprint density at radius 2 is 1.95 bits per heavy atom.